The molecule has 12 heavy (non-hydrogen) atoms. The minimum absolute atomic E-state index is 1.16. The van der Waals surface area contributed by atoms with E-state index in [9.17, 15) is 0 Å². The van der Waals surface area contributed by atoms with Crippen molar-refractivity contribution < 1.29 is 0 Å². The molecule has 0 aromatic carbocycles. The average Bonchev–Trinajstić information content (AvgIpc) is 2.02. The topological polar surface area (TPSA) is 0 Å². The van der Waals surface area contributed by atoms with E-state index in [2.05, 4.69) is 49.3 Å². The molecule has 0 atom stereocenters. The Labute approximate surface area is 76.4 Å². The summed E-state index contributed by atoms with van der Waals surface area (Å²) in [5.41, 5.74) is 4.57. The van der Waals surface area contributed by atoms with E-state index < -0.39 is 8.07 Å². The first kappa shape index (κ1) is 9.35. The maximum absolute atomic E-state index is 3.36. The Morgan fingerprint density at radius 2 is 2.00 bits per heavy atom. The van der Waals surface area contributed by atoms with Crippen molar-refractivity contribution in [3.05, 3.63) is 23.8 Å². The molecule has 64 valence electrons. The lowest BCUT2D eigenvalue weighted by Gasteiger charge is -2.04. The molecule has 1 aliphatic carbocycles. The van der Waals surface area contributed by atoms with Gasteiger partial charge in [-0.15, -0.1) is 5.54 Å². The molecule has 0 amide bonds. The Bertz CT molecular complexity index is 266. The summed E-state index contributed by atoms with van der Waals surface area (Å²) in [5.74, 6) is 3.25. The van der Waals surface area contributed by atoms with Crippen LogP contribution in [0.1, 0.15) is 12.8 Å². The van der Waals surface area contributed by atoms with Gasteiger partial charge in [0.1, 0.15) is 8.07 Å². The summed E-state index contributed by atoms with van der Waals surface area (Å²) in [4.78, 5) is 0. The van der Waals surface area contributed by atoms with Crippen LogP contribution in [0.25, 0.3) is 0 Å². The van der Waals surface area contributed by atoms with Crippen molar-refractivity contribution in [2.75, 3.05) is 0 Å². The highest BCUT2D eigenvalue weighted by atomic mass is 28.3. The van der Waals surface area contributed by atoms with Gasteiger partial charge in [0.15, 0.2) is 0 Å². The molecule has 0 aromatic rings. The first-order valence-corrected chi connectivity index (χ1v) is 7.98. The number of allylic oxidation sites excluding steroid dienone is 4. The normalized spacial score (nSPS) is 16.4. The summed E-state index contributed by atoms with van der Waals surface area (Å²) in [5, 5.41) is 0. The quantitative estimate of drug-likeness (QED) is 0.393. The van der Waals surface area contributed by atoms with E-state index in [1.165, 1.54) is 12.0 Å². The van der Waals surface area contributed by atoms with Gasteiger partial charge in [-0.1, -0.05) is 43.8 Å². The predicted octanol–water partition coefficient (Wildman–Crippen LogP) is 3.14. The summed E-state index contributed by atoms with van der Waals surface area (Å²) in [6.07, 6.45) is 8.91. The fourth-order valence-electron chi connectivity index (χ4n) is 0.966. The molecule has 0 nitrogen and oxygen atoms in total. The molecule has 0 fully saturated rings. The van der Waals surface area contributed by atoms with Gasteiger partial charge in [0.2, 0.25) is 0 Å². The monoisotopic (exact) mass is 176 g/mol. The van der Waals surface area contributed by atoms with Crippen LogP contribution in [0, 0.1) is 11.5 Å². The fraction of sp³-hybridized carbons (Fsp3) is 0.455. The molecule has 1 rings (SSSR count). The molecule has 1 heteroatoms. The Hall–Kier alpha value is -0.743. The summed E-state index contributed by atoms with van der Waals surface area (Å²) in [7, 11) is -1.18. The fourth-order valence-corrected chi connectivity index (χ4v) is 1.49. The number of rotatable bonds is 0. The van der Waals surface area contributed by atoms with Crippen molar-refractivity contribution in [2.24, 2.45) is 0 Å². The van der Waals surface area contributed by atoms with Gasteiger partial charge in [-0.3, -0.25) is 0 Å². The van der Waals surface area contributed by atoms with Crippen molar-refractivity contribution in [3.63, 3.8) is 0 Å². The Morgan fingerprint density at radius 1 is 1.25 bits per heavy atom. The van der Waals surface area contributed by atoms with Crippen LogP contribution < -0.4 is 0 Å². The standard InChI is InChI=1S/C11H16Si/c1-12(2,3)10-9-11-7-5-4-6-8-11/h5,7-8H,4,6H2,1-3H3. The average molecular weight is 176 g/mol. The Balaban J connectivity index is 2.65. The maximum Gasteiger partial charge on any atom is 0.129 e. The van der Waals surface area contributed by atoms with E-state index in [4.69, 9.17) is 0 Å². The smallest absolute Gasteiger partial charge is 0.127 e. The number of hydrogen-bond acceptors (Lipinski definition) is 0. The van der Waals surface area contributed by atoms with E-state index in [0.717, 1.165) is 6.42 Å². The van der Waals surface area contributed by atoms with Crippen molar-refractivity contribution >= 4 is 8.07 Å². The van der Waals surface area contributed by atoms with Crippen LogP contribution in [0.3, 0.4) is 0 Å². The van der Waals surface area contributed by atoms with Gasteiger partial charge in [-0.25, -0.2) is 0 Å². The third-order valence-electron chi connectivity index (χ3n) is 1.58. The van der Waals surface area contributed by atoms with Crippen LogP contribution in [0.15, 0.2) is 23.8 Å². The molecule has 0 radical (unpaired) electrons. The SMILES string of the molecule is C[Si](C)(C)C#CC1=CCCC=C1. The first-order chi connectivity index (χ1) is 5.58. The molecule has 0 unspecified atom stereocenters. The largest absolute Gasteiger partial charge is 0.129 e. The lowest BCUT2D eigenvalue weighted by Crippen LogP contribution is -2.16. The van der Waals surface area contributed by atoms with Crippen LogP contribution in [0.5, 0.6) is 0 Å². The predicted molar refractivity (Wildman–Crippen MR) is 57.6 cm³/mol. The zero-order valence-corrected chi connectivity index (χ0v) is 9.15. The molecule has 1 aliphatic rings. The zero-order chi connectivity index (χ0) is 9.03. The lowest BCUT2D eigenvalue weighted by atomic mass is 10.1. The highest BCUT2D eigenvalue weighted by Crippen LogP contribution is 2.08. The maximum atomic E-state index is 3.36. The highest BCUT2D eigenvalue weighted by molar-refractivity contribution is 6.83. The molecule has 0 heterocycles. The van der Waals surface area contributed by atoms with Crippen molar-refractivity contribution in [1.82, 2.24) is 0 Å². The summed E-state index contributed by atoms with van der Waals surface area (Å²) in [6.45, 7) is 6.81. The van der Waals surface area contributed by atoms with Gasteiger partial charge in [0, 0.05) is 5.57 Å². The van der Waals surface area contributed by atoms with Crippen LogP contribution in [0.2, 0.25) is 19.6 Å². The molecule has 0 saturated heterocycles. The van der Waals surface area contributed by atoms with Crippen LogP contribution in [-0.4, -0.2) is 8.07 Å². The van der Waals surface area contributed by atoms with Crippen LogP contribution in [-0.2, 0) is 0 Å². The Kier molecular flexibility index (Phi) is 2.94. The molecule has 0 spiro atoms. The van der Waals surface area contributed by atoms with Crippen molar-refractivity contribution in [2.45, 2.75) is 32.5 Å². The van der Waals surface area contributed by atoms with E-state index >= 15 is 0 Å². The van der Waals surface area contributed by atoms with E-state index in [0.29, 0.717) is 0 Å². The van der Waals surface area contributed by atoms with Crippen LogP contribution in [0.4, 0.5) is 0 Å². The van der Waals surface area contributed by atoms with Gasteiger partial charge in [0.25, 0.3) is 0 Å². The molecule has 0 bridgehead atoms. The first-order valence-electron chi connectivity index (χ1n) is 4.48. The molecular weight excluding hydrogens is 160 g/mol. The number of hydrogen-bond donors (Lipinski definition) is 0. The van der Waals surface area contributed by atoms with Crippen molar-refractivity contribution in [1.29, 1.82) is 0 Å². The summed E-state index contributed by atoms with van der Waals surface area (Å²) >= 11 is 0. The van der Waals surface area contributed by atoms with Crippen LogP contribution >= 0.6 is 0 Å². The van der Waals surface area contributed by atoms with Gasteiger partial charge >= 0.3 is 0 Å². The second-order valence-electron chi connectivity index (χ2n) is 4.14. The Morgan fingerprint density at radius 3 is 2.50 bits per heavy atom. The summed E-state index contributed by atoms with van der Waals surface area (Å²) < 4.78 is 0. The minimum atomic E-state index is -1.18. The second-order valence-corrected chi connectivity index (χ2v) is 8.89. The third-order valence-corrected chi connectivity index (χ3v) is 2.45. The van der Waals surface area contributed by atoms with Gasteiger partial charge < -0.3 is 0 Å². The molecule has 0 N–H and O–H groups in total. The van der Waals surface area contributed by atoms with Gasteiger partial charge in [-0.05, 0) is 12.8 Å². The van der Waals surface area contributed by atoms with E-state index in [1.54, 1.807) is 0 Å². The minimum Gasteiger partial charge on any atom is -0.127 e. The molecular formula is C11H16Si. The molecule has 0 aromatic heterocycles. The van der Waals surface area contributed by atoms with Crippen molar-refractivity contribution in [3.8, 4) is 11.5 Å². The van der Waals surface area contributed by atoms with E-state index in [-0.39, 0.29) is 0 Å². The van der Waals surface area contributed by atoms with Gasteiger partial charge in [-0.2, -0.15) is 0 Å². The molecule has 0 saturated carbocycles. The second kappa shape index (κ2) is 3.78. The summed E-state index contributed by atoms with van der Waals surface area (Å²) in [6, 6.07) is 0. The van der Waals surface area contributed by atoms with Gasteiger partial charge in [0.05, 0.1) is 0 Å². The third kappa shape index (κ3) is 3.59. The zero-order valence-electron chi connectivity index (χ0n) is 8.15. The lowest BCUT2D eigenvalue weighted by molar-refractivity contribution is 1.03. The highest BCUT2D eigenvalue weighted by Gasteiger charge is 2.07. The molecule has 0 aliphatic heterocycles. The van der Waals surface area contributed by atoms with E-state index in [1.807, 2.05) is 0 Å².